The van der Waals surface area contributed by atoms with Crippen molar-refractivity contribution in [2.75, 3.05) is 18.0 Å². The van der Waals surface area contributed by atoms with Crippen LogP contribution in [0.2, 0.25) is 5.15 Å². The summed E-state index contributed by atoms with van der Waals surface area (Å²) in [7, 11) is 0. The fourth-order valence-electron chi connectivity index (χ4n) is 3.06. The number of rotatable bonds is 1. The highest BCUT2D eigenvalue weighted by Gasteiger charge is 2.39. The average Bonchev–Trinajstić information content (AvgIpc) is 2.84. The van der Waals surface area contributed by atoms with E-state index in [0.717, 1.165) is 24.1 Å². The summed E-state index contributed by atoms with van der Waals surface area (Å²) in [6.45, 7) is 2.18. The summed E-state index contributed by atoms with van der Waals surface area (Å²) in [4.78, 5) is 6.70. The van der Waals surface area contributed by atoms with Gasteiger partial charge in [-0.2, -0.15) is 0 Å². The molecule has 0 radical (unpaired) electrons. The lowest BCUT2D eigenvalue weighted by Crippen LogP contribution is -2.38. The first kappa shape index (κ1) is 10.8. The van der Waals surface area contributed by atoms with Crippen molar-refractivity contribution in [2.24, 2.45) is 17.6 Å². The van der Waals surface area contributed by atoms with E-state index in [4.69, 9.17) is 17.3 Å². The lowest BCUT2D eigenvalue weighted by molar-refractivity contribution is 0.260. The fourth-order valence-corrected chi connectivity index (χ4v) is 4.03. The molecule has 3 unspecified atom stereocenters. The molecule has 0 bridgehead atoms. The molecular formula is C11H16ClN3S. The topological polar surface area (TPSA) is 42.1 Å². The molecule has 1 aromatic rings. The predicted octanol–water partition coefficient (Wildman–Crippen LogP) is 2.36. The van der Waals surface area contributed by atoms with Crippen LogP contribution < -0.4 is 10.6 Å². The summed E-state index contributed by atoms with van der Waals surface area (Å²) in [5.41, 5.74) is 6.20. The van der Waals surface area contributed by atoms with E-state index in [0.29, 0.717) is 17.1 Å². The molecule has 3 atom stereocenters. The van der Waals surface area contributed by atoms with Crippen LogP contribution in [0.5, 0.6) is 0 Å². The van der Waals surface area contributed by atoms with Crippen LogP contribution >= 0.6 is 22.9 Å². The predicted molar refractivity (Wildman–Crippen MR) is 68.1 cm³/mol. The minimum Gasteiger partial charge on any atom is -0.347 e. The van der Waals surface area contributed by atoms with Crippen LogP contribution in [0, 0.1) is 11.8 Å². The highest BCUT2D eigenvalue weighted by atomic mass is 35.5. The molecule has 0 amide bonds. The second-order valence-electron chi connectivity index (χ2n) is 4.88. The molecule has 3 nitrogen and oxygen atoms in total. The van der Waals surface area contributed by atoms with E-state index in [1.165, 1.54) is 19.3 Å². The van der Waals surface area contributed by atoms with E-state index in [-0.39, 0.29) is 0 Å². The summed E-state index contributed by atoms with van der Waals surface area (Å²) in [6, 6.07) is 0.388. The standard InChI is InChI=1S/C11H16ClN3S/c12-10-6-16-11(14-10)15-4-7-2-1-3-9(13)8(7)5-15/h6-9H,1-5,13H2. The molecule has 3 rings (SSSR count). The Morgan fingerprint density at radius 2 is 2.31 bits per heavy atom. The first-order valence-corrected chi connectivity index (χ1v) is 7.11. The number of anilines is 1. The van der Waals surface area contributed by atoms with Gasteiger partial charge in [0.25, 0.3) is 0 Å². The largest absolute Gasteiger partial charge is 0.347 e. The lowest BCUT2D eigenvalue weighted by atomic mass is 9.78. The van der Waals surface area contributed by atoms with Gasteiger partial charge in [-0.3, -0.25) is 0 Å². The van der Waals surface area contributed by atoms with Gasteiger partial charge in [-0.05, 0) is 24.7 Å². The van der Waals surface area contributed by atoms with E-state index >= 15 is 0 Å². The van der Waals surface area contributed by atoms with Gasteiger partial charge in [-0.1, -0.05) is 18.0 Å². The Kier molecular flexibility index (Phi) is 2.81. The molecule has 2 heterocycles. The first-order chi connectivity index (χ1) is 7.74. The molecule has 0 spiro atoms. The van der Waals surface area contributed by atoms with Crippen LogP contribution in [-0.2, 0) is 0 Å². The fraction of sp³-hybridized carbons (Fsp3) is 0.727. The summed E-state index contributed by atoms with van der Waals surface area (Å²) in [6.07, 6.45) is 3.80. The van der Waals surface area contributed by atoms with Crippen LogP contribution in [0.3, 0.4) is 0 Å². The van der Waals surface area contributed by atoms with Gasteiger partial charge in [0.2, 0.25) is 0 Å². The lowest BCUT2D eigenvalue weighted by Gasteiger charge is -2.29. The van der Waals surface area contributed by atoms with E-state index in [9.17, 15) is 0 Å². The molecule has 1 saturated carbocycles. The quantitative estimate of drug-likeness (QED) is 0.840. The molecule has 2 fully saturated rings. The summed E-state index contributed by atoms with van der Waals surface area (Å²) in [5.74, 6) is 1.43. The van der Waals surface area contributed by atoms with Gasteiger partial charge in [0, 0.05) is 24.5 Å². The second-order valence-corrected chi connectivity index (χ2v) is 6.10. The van der Waals surface area contributed by atoms with Gasteiger partial charge in [0.15, 0.2) is 5.13 Å². The monoisotopic (exact) mass is 257 g/mol. The molecule has 1 aromatic heterocycles. The molecule has 5 heteroatoms. The van der Waals surface area contributed by atoms with Crippen LogP contribution in [0.4, 0.5) is 5.13 Å². The van der Waals surface area contributed by atoms with Crippen molar-refractivity contribution < 1.29 is 0 Å². The van der Waals surface area contributed by atoms with Crippen molar-refractivity contribution in [1.82, 2.24) is 4.98 Å². The zero-order valence-electron chi connectivity index (χ0n) is 9.10. The Hall–Kier alpha value is -0.320. The SMILES string of the molecule is NC1CCCC2CN(c3nc(Cl)cs3)CC12. The Bertz CT molecular complexity index is 381. The number of thiazole rings is 1. The van der Waals surface area contributed by atoms with E-state index in [1.807, 2.05) is 5.38 Å². The molecular weight excluding hydrogens is 242 g/mol. The van der Waals surface area contributed by atoms with Crippen LogP contribution in [0.25, 0.3) is 0 Å². The Balaban J connectivity index is 1.76. The van der Waals surface area contributed by atoms with Gasteiger partial charge in [0.05, 0.1) is 0 Å². The van der Waals surface area contributed by atoms with Crippen molar-refractivity contribution in [1.29, 1.82) is 0 Å². The van der Waals surface area contributed by atoms with Crippen molar-refractivity contribution in [3.05, 3.63) is 10.5 Å². The number of fused-ring (bicyclic) bond motifs is 1. The van der Waals surface area contributed by atoms with Crippen LogP contribution in [0.1, 0.15) is 19.3 Å². The maximum Gasteiger partial charge on any atom is 0.186 e. The highest BCUT2D eigenvalue weighted by Crippen LogP contribution is 2.38. The summed E-state index contributed by atoms with van der Waals surface area (Å²) >= 11 is 7.50. The number of nitrogens with zero attached hydrogens (tertiary/aromatic N) is 2. The number of hydrogen-bond acceptors (Lipinski definition) is 4. The smallest absolute Gasteiger partial charge is 0.186 e. The number of halogens is 1. The maximum absolute atomic E-state index is 6.20. The summed E-state index contributed by atoms with van der Waals surface area (Å²) in [5, 5.41) is 3.57. The van der Waals surface area contributed by atoms with Crippen LogP contribution in [0.15, 0.2) is 5.38 Å². The minimum atomic E-state index is 0.388. The van der Waals surface area contributed by atoms with Gasteiger partial charge in [0.1, 0.15) is 5.15 Å². The average molecular weight is 258 g/mol. The molecule has 2 aliphatic rings. The number of aromatic nitrogens is 1. The van der Waals surface area contributed by atoms with Gasteiger partial charge in [-0.15, -0.1) is 11.3 Å². The molecule has 1 saturated heterocycles. The molecule has 1 aliphatic carbocycles. The molecule has 1 aliphatic heterocycles. The van der Waals surface area contributed by atoms with E-state index < -0.39 is 0 Å². The van der Waals surface area contributed by atoms with Crippen molar-refractivity contribution >= 4 is 28.1 Å². The zero-order valence-corrected chi connectivity index (χ0v) is 10.7. The normalized spacial score (nSPS) is 34.1. The third kappa shape index (κ3) is 1.83. The third-order valence-electron chi connectivity index (χ3n) is 3.89. The minimum absolute atomic E-state index is 0.388. The van der Waals surface area contributed by atoms with Crippen LogP contribution in [-0.4, -0.2) is 24.1 Å². The third-order valence-corrected chi connectivity index (χ3v) is 5.11. The molecule has 88 valence electrons. The van der Waals surface area contributed by atoms with Crippen molar-refractivity contribution in [3.63, 3.8) is 0 Å². The summed E-state index contributed by atoms with van der Waals surface area (Å²) < 4.78 is 0. The second kappa shape index (κ2) is 4.17. The Labute approximate surface area is 105 Å². The van der Waals surface area contributed by atoms with E-state index in [1.54, 1.807) is 11.3 Å². The maximum atomic E-state index is 6.20. The van der Waals surface area contributed by atoms with Gasteiger partial charge >= 0.3 is 0 Å². The molecule has 16 heavy (non-hydrogen) atoms. The van der Waals surface area contributed by atoms with Gasteiger partial charge < -0.3 is 10.6 Å². The van der Waals surface area contributed by atoms with Crippen molar-refractivity contribution in [3.8, 4) is 0 Å². The zero-order chi connectivity index (χ0) is 11.1. The molecule has 2 N–H and O–H groups in total. The first-order valence-electron chi connectivity index (χ1n) is 5.85. The highest BCUT2D eigenvalue weighted by molar-refractivity contribution is 7.14. The van der Waals surface area contributed by atoms with E-state index in [2.05, 4.69) is 9.88 Å². The Morgan fingerprint density at radius 1 is 1.44 bits per heavy atom. The Morgan fingerprint density at radius 3 is 3.00 bits per heavy atom. The molecule has 0 aromatic carbocycles. The number of nitrogens with two attached hydrogens (primary N) is 1. The number of hydrogen-bond donors (Lipinski definition) is 1. The van der Waals surface area contributed by atoms with Crippen molar-refractivity contribution in [2.45, 2.75) is 25.3 Å². The van der Waals surface area contributed by atoms with Gasteiger partial charge in [-0.25, -0.2) is 4.98 Å².